The second-order valence-electron chi connectivity index (χ2n) is 5.51. The summed E-state index contributed by atoms with van der Waals surface area (Å²) in [6.45, 7) is -0.277. The molecular weight excluding hydrogens is 352 g/mol. The van der Waals surface area contributed by atoms with Crippen LogP contribution in [0.25, 0.3) is 0 Å². The Morgan fingerprint density at radius 1 is 0.962 bits per heavy atom. The van der Waals surface area contributed by atoms with E-state index in [-0.39, 0.29) is 18.2 Å². The van der Waals surface area contributed by atoms with Gasteiger partial charge in [0.2, 0.25) is 5.91 Å². The maximum absolute atomic E-state index is 11.9. The van der Waals surface area contributed by atoms with Crippen molar-refractivity contribution < 1.29 is 19.5 Å². The zero-order valence-electron chi connectivity index (χ0n) is 14.1. The van der Waals surface area contributed by atoms with E-state index in [1.54, 1.807) is 30.3 Å². The third kappa shape index (κ3) is 6.60. The van der Waals surface area contributed by atoms with Crippen molar-refractivity contribution in [3.05, 3.63) is 71.8 Å². The number of carbonyl (C=O) groups is 3. The maximum Gasteiger partial charge on any atom is 0.327 e. The van der Waals surface area contributed by atoms with Crippen LogP contribution in [0.5, 0.6) is 0 Å². The van der Waals surface area contributed by atoms with Gasteiger partial charge in [0.15, 0.2) is 0 Å². The Labute approximate surface area is 156 Å². The summed E-state index contributed by atoms with van der Waals surface area (Å²) in [6, 6.07) is 17.2. The third-order valence-electron chi connectivity index (χ3n) is 3.47. The number of amides is 2. The number of carboxylic acid groups (broad SMARTS) is 1. The van der Waals surface area contributed by atoms with Gasteiger partial charge in [-0.15, -0.1) is 0 Å². The Balaban J connectivity index is 1.76. The van der Waals surface area contributed by atoms with Crippen LogP contribution in [0.4, 0.5) is 0 Å². The molecule has 2 amide bonds. The largest absolute Gasteiger partial charge is 0.480 e. The fraction of sp³-hybridized carbons (Fsp3) is 0.211. The molecule has 0 aliphatic carbocycles. The van der Waals surface area contributed by atoms with Gasteiger partial charge in [0.05, 0.1) is 6.54 Å². The van der Waals surface area contributed by atoms with Crippen LogP contribution in [0.3, 0.4) is 0 Å². The van der Waals surface area contributed by atoms with E-state index in [9.17, 15) is 19.5 Å². The number of nitrogens with one attached hydrogen (secondary N) is 2. The molecule has 0 aliphatic rings. The molecule has 0 saturated heterocycles. The van der Waals surface area contributed by atoms with Crippen LogP contribution in [0.2, 0.25) is 0 Å². The van der Waals surface area contributed by atoms with Gasteiger partial charge in [-0.05, 0) is 17.7 Å². The molecule has 0 aromatic heterocycles. The smallest absolute Gasteiger partial charge is 0.327 e. The molecule has 26 heavy (non-hydrogen) atoms. The highest BCUT2D eigenvalue weighted by Gasteiger charge is 2.20. The highest BCUT2D eigenvalue weighted by atomic mass is 32.2. The molecule has 136 valence electrons. The lowest BCUT2D eigenvalue weighted by atomic mass is 10.2. The van der Waals surface area contributed by atoms with Gasteiger partial charge in [0.1, 0.15) is 6.04 Å². The average Bonchev–Trinajstić information content (AvgIpc) is 2.66. The monoisotopic (exact) mass is 372 g/mol. The third-order valence-corrected chi connectivity index (χ3v) is 4.58. The zero-order chi connectivity index (χ0) is 18.8. The van der Waals surface area contributed by atoms with Gasteiger partial charge >= 0.3 is 5.97 Å². The van der Waals surface area contributed by atoms with Gasteiger partial charge < -0.3 is 15.7 Å². The van der Waals surface area contributed by atoms with Gasteiger partial charge in [-0.3, -0.25) is 9.59 Å². The standard InChI is InChI=1S/C19H20N2O4S/c22-17(11-20-18(23)15-9-5-2-6-10-15)21-16(19(24)25)13-26-12-14-7-3-1-4-8-14/h1-10,16H,11-13H2,(H,20,23)(H,21,22)(H,24,25). The van der Waals surface area contributed by atoms with Crippen molar-refractivity contribution in [2.24, 2.45) is 0 Å². The Kier molecular flexibility index (Phi) is 7.70. The maximum atomic E-state index is 11.9. The van der Waals surface area contributed by atoms with E-state index in [0.29, 0.717) is 11.3 Å². The molecular formula is C19H20N2O4S. The lowest BCUT2D eigenvalue weighted by Gasteiger charge is -2.14. The molecule has 0 aliphatic heterocycles. The van der Waals surface area contributed by atoms with Crippen LogP contribution >= 0.6 is 11.8 Å². The minimum absolute atomic E-state index is 0.239. The molecule has 3 N–H and O–H groups in total. The van der Waals surface area contributed by atoms with Gasteiger partial charge in [-0.2, -0.15) is 11.8 Å². The molecule has 1 unspecified atom stereocenters. The molecule has 0 saturated carbocycles. The SMILES string of the molecule is O=C(CNC(=O)c1ccccc1)NC(CSCc1ccccc1)C(=O)O. The first-order valence-electron chi connectivity index (χ1n) is 8.03. The second-order valence-corrected chi connectivity index (χ2v) is 6.54. The van der Waals surface area contributed by atoms with Crippen molar-refractivity contribution in [2.75, 3.05) is 12.3 Å². The molecule has 2 aromatic rings. The molecule has 2 rings (SSSR count). The summed E-state index contributed by atoms with van der Waals surface area (Å²) in [5, 5.41) is 14.2. The number of benzene rings is 2. The van der Waals surface area contributed by atoms with Crippen molar-refractivity contribution in [1.82, 2.24) is 10.6 Å². The first-order chi connectivity index (χ1) is 12.6. The van der Waals surface area contributed by atoms with Gasteiger partial charge in [0, 0.05) is 17.1 Å². The summed E-state index contributed by atoms with van der Waals surface area (Å²) >= 11 is 1.42. The van der Waals surface area contributed by atoms with Crippen molar-refractivity contribution in [3.8, 4) is 0 Å². The molecule has 0 fully saturated rings. The number of thioether (sulfide) groups is 1. The van der Waals surface area contributed by atoms with Crippen molar-refractivity contribution in [2.45, 2.75) is 11.8 Å². The minimum atomic E-state index is -1.10. The highest BCUT2D eigenvalue weighted by Crippen LogP contribution is 2.13. The number of carboxylic acids is 1. The molecule has 6 nitrogen and oxygen atoms in total. The number of rotatable bonds is 9. The van der Waals surface area contributed by atoms with E-state index in [4.69, 9.17) is 0 Å². The van der Waals surface area contributed by atoms with Crippen molar-refractivity contribution in [3.63, 3.8) is 0 Å². The summed E-state index contributed by atoms with van der Waals surface area (Å²) in [6.07, 6.45) is 0. The number of hydrogen-bond donors (Lipinski definition) is 3. The van der Waals surface area contributed by atoms with Crippen LogP contribution in [-0.4, -0.2) is 41.2 Å². The fourth-order valence-corrected chi connectivity index (χ4v) is 3.15. The van der Waals surface area contributed by atoms with Crippen LogP contribution < -0.4 is 10.6 Å². The Morgan fingerprint density at radius 2 is 1.58 bits per heavy atom. The molecule has 2 aromatic carbocycles. The predicted octanol–water partition coefficient (Wildman–Crippen LogP) is 1.92. The van der Waals surface area contributed by atoms with Gasteiger partial charge in [-0.1, -0.05) is 48.5 Å². The number of hydrogen-bond acceptors (Lipinski definition) is 4. The summed E-state index contributed by atoms with van der Waals surface area (Å²) in [7, 11) is 0. The number of carbonyl (C=O) groups excluding carboxylic acids is 2. The first-order valence-corrected chi connectivity index (χ1v) is 9.19. The van der Waals surface area contributed by atoms with Crippen LogP contribution in [0, 0.1) is 0 Å². The molecule has 7 heteroatoms. The highest BCUT2D eigenvalue weighted by molar-refractivity contribution is 7.98. The number of aliphatic carboxylic acids is 1. The minimum Gasteiger partial charge on any atom is -0.480 e. The summed E-state index contributed by atoms with van der Waals surface area (Å²) < 4.78 is 0. The van der Waals surface area contributed by atoms with Gasteiger partial charge in [0.25, 0.3) is 5.91 Å². The van der Waals surface area contributed by atoms with E-state index in [0.717, 1.165) is 5.56 Å². The van der Waals surface area contributed by atoms with Crippen molar-refractivity contribution in [1.29, 1.82) is 0 Å². The quantitative estimate of drug-likeness (QED) is 0.625. The van der Waals surface area contributed by atoms with E-state index in [2.05, 4.69) is 10.6 Å². The van der Waals surface area contributed by atoms with Crippen LogP contribution in [-0.2, 0) is 15.3 Å². The first kappa shape index (κ1) is 19.5. The Hall–Kier alpha value is -2.80. The average molecular weight is 372 g/mol. The van der Waals surface area contributed by atoms with E-state index in [1.807, 2.05) is 30.3 Å². The zero-order valence-corrected chi connectivity index (χ0v) is 14.9. The van der Waals surface area contributed by atoms with Crippen molar-refractivity contribution >= 4 is 29.5 Å². The van der Waals surface area contributed by atoms with E-state index < -0.39 is 17.9 Å². The molecule has 0 heterocycles. The van der Waals surface area contributed by atoms with E-state index in [1.165, 1.54) is 11.8 Å². The fourth-order valence-electron chi connectivity index (χ4n) is 2.14. The van der Waals surface area contributed by atoms with Crippen LogP contribution in [0.15, 0.2) is 60.7 Å². The lowest BCUT2D eigenvalue weighted by Crippen LogP contribution is -2.46. The van der Waals surface area contributed by atoms with Gasteiger partial charge in [-0.25, -0.2) is 4.79 Å². The summed E-state index contributed by atoms with van der Waals surface area (Å²) in [5.41, 5.74) is 1.52. The second kappa shape index (κ2) is 10.2. The molecule has 0 radical (unpaired) electrons. The summed E-state index contributed by atoms with van der Waals surface area (Å²) in [4.78, 5) is 35.1. The van der Waals surface area contributed by atoms with Crippen LogP contribution in [0.1, 0.15) is 15.9 Å². The topological polar surface area (TPSA) is 95.5 Å². The Bertz CT molecular complexity index is 738. The van der Waals surface area contributed by atoms with E-state index >= 15 is 0 Å². The Morgan fingerprint density at radius 3 is 2.19 bits per heavy atom. The molecule has 1 atom stereocenters. The molecule has 0 spiro atoms. The lowest BCUT2D eigenvalue weighted by molar-refractivity contribution is -0.140. The summed E-state index contributed by atoms with van der Waals surface area (Å²) in [5.74, 6) is -1.13. The predicted molar refractivity (Wildman–Crippen MR) is 101 cm³/mol. The normalized spacial score (nSPS) is 11.4. The molecule has 0 bridgehead atoms.